The molecule has 3 aromatic heterocycles. The number of imidazole rings is 1. The Morgan fingerprint density at radius 2 is 1.84 bits per heavy atom. The molecule has 2 aromatic carbocycles. The van der Waals surface area contributed by atoms with Crippen molar-refractivity contribution < 1.29 is 24.0 Å². The summed E-state index contributed by atoms with van der Waals surface area (Å²) in [5.41, 5.74) is 4.48. The Labute approximate surface area is 216 Å². The highest BCUT2D eigenvalue weighted by molar-refractivity contribution is 6.00. The Kier molecular flexibility index (Phi) is 5.64. The molecule has 1 saturated carbocycles. The minimum Gasteiger partial charge on any atom is -0.481 e. The van der Waals surface area contributed by atoms with Crippen molar-refractivity contribution in [3.05, 3.63) is 84.4 Å². The molecule has 0 saturated heterocycles. The Hall–Kier alpha value is -4.99. The Morgan fingerprint density at radius 1 is 1.08 bits per heavy atom. The van der Waals surface area contributed by atoms with Gasteiger partial charge in [0.2, 0.25) is 5.76 Å². The lowest BCUT2D eigenvalue weighted by atomic mass is 9.94. The predicted octanol–water partition coefficient (Wildman–Crippen LogP) is 5.71. The molecule has 190 valence electrons. The number of carboxylic acid groups (broad SMARTS) is 1. The summed E-state index contributed by atoms with van der Waals surface area (Å²) < 4.78 is 11.0. The van der Waals surface area contributed by atoms with Crippen LogP contribution in [0, 0.1) is 0 Å². The number of nitrogens with one attached hydrogen (secondary N) is 2. The molecular formula is C28H23N5O5. The highest BCUT2D eigenvalue weighted by Crippen LogP contribution is 2.48. The molecule has 1 fully saturated rings. The Morgan fingerprint density at radius 3 is 2.55 bits per heavy atom. The van der Waals surface area contributed by atoms with Gasteiger partial charge in [0.05, 0.1) is 29.0 Å². The first-order chi connectivity index (χ1) is 18.5. The zero-order valence-electron chi connectivity index (χ0n) is 20.3. The number of benzene rings is 2. The number of nitrogens with zero attached hydrogens (tertiary/aromatic N) is 3. The van der Waals surface area contributed by atoms with E-state index in [2.05, 4.69) is 25.4 Å². The fourth-order valence-corrected chi connectivity index (χ4v) is 4.63. The van der Waals surface area contributed by atoms with Gasteiger partial charge in [0.25, 0.3) is 0 Å². The topological polar surface area (TPSA) is 143 Å². The standard InChI is InChI=1S/C28H23N5O5/c1-16(17-5-3-2-4-6-17)37-27(36)33-21-14-32-38-25(21)24-23-22(30-15-31-23)20(13-29-24)18-7-9-19(10-8-18)28(11-12-28)26(34)35/h2-10,13-16H,11-12H2,1H3,(H,30,31)(H,33,36)(H,34,35). The third-order valence-electron chi connectivity index (χ3n) is 6.94. The number of aromatic amines is 1. The van der Waals surface area contributed by atoms with E-state index in [1.165, 1.54) is 6.20 Å². The number of fused-ring (bicyclic) bond motifs is 1. The van der Waals surface area contributed by atoms with Gasteiger partial charge in [0.15, 0.2) is 0 Å². The molecule has 0 radical (unpaired) electrons. The third-order valence-corrected chi connectivity index (χ3v) is 6.94. The van der Waals surface area contributed by atoms with Crippen LogP contribution in [0.15, 0.2) is 77.8 Å². The van der Waals surface area contributed by atoms with Gasteiger partial charge >= 0.3 is 12.1 Å². The van der Waals surface area contributed by atoms with Gasteiger partial charge in [0.1, 0.15) is 17.5 Å². The summed E-state index contributed by atoms with van der Waals surface area (Å²) >= 11 is 0. The maximum Gasteiger partial charge on any atom is 0.412 e. The van der Waals surface area contributed by atoms with E-state index >= 15 is 0 Å². The highest BCUT2D eigenvalue weighted by atomic mass is 16.6. The second kappa shape index (κ2) is 9.15. The number of anilines is 1. The smallest absolute Gasteiger partial charge is 0.412 e. The summed E-state index contributed by atoms with van der Waals surface area (Å²) in [5, 5.41) is 16.1. The molecular weight excluding hydrogens is 486 g/mol. The molecule has 10 nitrogen and oxygen atoms in total. The van der Waals surface area contributed by atoms with Crippen molar-refractivity contribution in [1.82, 2.24) is 20.1 Å². The van der Waals surface area contributed by atoms with E-state index in [1.54, 1.807) is 19.4 Å². The van der Waals surface area contributed by atoms with Crippen molar-refractivity contribution in [3.63, 3.8) is 0 Å². The van der Waals surface area contributed by atoms with E-state index in [4.69, 9.17) is 9.26 Å². The van der Waals surface area contributed by atoms with Crippen molar-refractivity contribution in [3.8, 4) is 22.6 Å². The number of hydrogen-bond acceptors (Lipinski definition) is 7. The summed E-state index contributed by atoms with van der Waals surface area (Å²) in [5.74, 6) is -0.538. The summed E-state index contributed by atoms with van der Waals surface area (Å²) in [6, 6.07) is 16.9. The fourth-order valence-electron chi connectivity index (χ4n) is 4.63. The maximum absolute atomic E-state index is 12.6. The van der Waals surface area contributed by atoms with Gasteiger partial charge in [0, 0.05) is 11.8 Å². The fraction of sp³-hybridized carbons (Fsp3) is 0.179. The average Bonchev–Trinajstić information content (AvgIpc) is 3.38. The number of carbonyl (C=O) groups excluding carboxylic acids is 1. The van der Waals surface area contributed by atoms with Gasteiger partial charge in [-0.1, -0.05) is 59.8 Å². The molecule has 3 N–H and O–H groups in total. The van der Waals surface area contributed by atoms with E-state index in [-0.39, 0.29) is 5.76 Å². The zero-order chi connectivity index (χ0) is 26.3. The number of ether oxygens (including phenoxy) is 1. The molecule has 0 spiro atoms. The molecule has 1 aliphatic carbocycles. The van der Waals surface area contributed by atoms with E-state index in [0.29, 0.717) is 35.3 Å². The molecule has 10 heteroatoms. The van der Waals surface area contributed by atoms with Gasteiger partial charge in [-0.2, -0.15) is 0 Å². The summed E-state index contributed by atoms with van der Waals surface area (Å²) in [6.45, 7) is 1.79. The molecule has 6 rings (SSSR count). The van der Waals surface area contributed by atoms with Crippen LogP contribution in [0.4, 0.5) is 10.5 Å². The lowest BCUT2D eigenvalue weighted by molar-refractivity contribution is -0.140. The number of carboxylic acids is 1. The van der Waals surface area contributed by atoms with Crippen molar-refractivity contribution >= 4 is 28.8 Å². The average molecular weight is 510 g/mol. The first-order valence-electron chi connectivity index (χ1n) is 12.1. The summed E-state index contributed by atoms with van der Waals surface area (Å²) in [4.78, 5) is 36.4. The molecule has 1 amide bonds. The third kappa shape index (κ3) is 4.05. The molecule has 3 heterocycles. The van der Waals surface area contributed by atoms with Gasteiger partial charge in [-0.25, -0.2) is 14.8 Å². The van der Waals surface area contributed by atoms with Crippen molar-refractivity contribution in [1.29, 1.82) is 0 Å². The first-order valence-corrected chi connectivity index (χ1v) is 12.1. The minimum absolute atomic E-state index is 0.252. The van der Waals surface area contributed by atoms with Gasteiger partial charge in [-0.3, -0.25) is 10.1 Å². The summed E-state index contributed by atoms with van der Waals surface area (Å²) in [6.07, 6.45) is 4.79. The number of aromatic nitrogens is 4. The SMILES string of the molecule is CC(OC(=O)Nc1cnoc1-c1ncc(-c2ccc(C3(C(=O)O)CC3)cc2)c2nc[nH]c12)c1ccccc1. The normalized spacial score (nSPS) is 14.7. The highest BCUT2D eigenvalue weighted by Gasteiger charge is 2.51. The molecule has 0 aliphatic heterocycles. The number of H-pyrrole nitrogens is 1. The van der Waals surface area contributed by atoms with Crippen LogP contribution >= 0.6 is 0 Å². The monoisotopic (exact) mass is 509 g/mol. The quantitative estimate of drug-likeness (QED) is 0.253. The molecule has 1 aliphatic rings. The van der Waals surface area contributed by atoms with E-state index in [0.717, 1.165) is 22.3 Å². The Bertz CT molecular complexity index is 1640. The van der Waals surface area contributed by atoms with E-state index in [1.807, 2.05) is 54.6 Å². The predicted molar refractivity (Wildman–Crippen MR) is 138 cm³/mol. The van der Waals surface area contributed by atoms with Crippen LogP contribution in [0.2, 0.25) is 0 Å². The van der Waals surface area contributed by atoms with Crippen molar-refractivity contribution in [2.45, 2.75) is 31.3 Å². The minimum atomic E-state index is -0.791. The van der Waals surface area contributed by atoms with Gasteiger partial charge in [-0.15, -0.1) is 0 Å². The number of rotatable bonds is 7. The largest absolute Gasteiger partial charge is 0.481 e. The number of pyridine rings is 1. The van der Waals surface area contributed by atoms with Crippen molar-refractivity contribution in [2.75, 3.05) is 5.32 Å². The van der Waals surface area contributed by atoms with Crippen LogP contribution in [0.5, 0.6) is 0 Å². The number of aliphatic carboxylic acids is 1. The summed E-state index contributed by atoms with van der Waals surface area (Å²) in [7, 11) is 0. The van der Waals surface area contributed by atoms with E-state index < -0.39 is 23.6 Å². The number of amides is 1. The molecule has 0 bridgehead atoms. The second-order valence-corrected chi connectivity index (χ2v) is 9.26. The molecule has 1 atom stereocenters. The van der Waals surface area contributed by atoms with Crippen LogP contribution in [-0.4, -0.2) is 37.3 Å². The lowest BCUT2D eigenvalue weighted by Gasteiger charge is -2.14. The van der Waals surface area contributed by atoms with E-state index in [9.17, 15) is 14.7 Å². The second-order valence-electron chi connectivity index (χ2n) is 9.26. The van der Waals surface area contributed by atoms with Crippen LogP contribution in [-0.2, 0) is 14.9 Å². The number of carbonyl (C=O) groups is 2. The van der Waals surface area contributed by atoms with Gasteiger partial charge in [-0.05, 0) is 36.5 Å². The van der Waals surface area contributed by atoms with Crippen LogP contribution in [0.3, 0.4) is 0 Å². The van der Waals surface area contributed by atoms with Crippen LogP contribution in [0.25, 0.3) is 33.6 Å². The van der Waals surface area contributed by atoms with Crippen LogP contribution < -0.4 is 5.32 Å². The molecule has 38 heavy (non-hydrogen) atoms. The Balaban J connectivity index is 1.26. The van der Waals surface area contributed by atoms with Crippen LogP contribution in [0.1, 0.15) is 37.0 Å². The first kappa shape index (κ1) is 23.4. The lowest BCUT2D eigenvalue weighted by Crippen LogP contribution is -2.19. The van der Waals surface area contributed by atoms with Crippen molar-refractivity contribution in [2.24, 2.45) is 0 Å². The maximum atomic E-state index is 12.6. The molecule has 1 unspecified atom stereocenters. The molecule has 5 aromatic rings. The zero-order valence-corrected chi connectivity index (χ0v) is 20.3. The van der Waals surface area contributed by atoms with Gasteiger partial charge < -0.3 is 19.4 Å². The number of hydrogen-bond donors (Lipinski definition) is 3.